The van der Waals surface area contributed by atoms with Crippen LogP contribution in [0.4, 0.5) is 0 Å². The normalized spacial score (nSPS) is 14.0. The molecule has 88 valence electrons. The fourth-order valence-corrected chi connectivity index (χ4v) is 2.68. The minimum Gasteiger partial charge on any atom is -0.464 e. The summed E-state index contributed by atoms with van der Waals surface area (Å²) in [7, 11) is 0. The monoisotopic (exact) mass is 235 g/mol. The van der Waals surface area contributed by atoms with Crippen LogP contribution >= 0.6 is 0 Å². The molecule has 3 aromatic rings. The Morgan fingerprint density at radius 2 is 1.89 bits per heavy atom. The Labute approximate surface area is 105 Å². The van der Waals surface area contributed by atoms with Gasteiger partial charge in [-0.3, -0.25) is 0 Å². The molecule has 0 saturated carbocycles. The number of benzene rings is 2. The molecule has 1 N–H and O–H groups in total. The molecule has 1 aromatic heterocycles. The molecule has 4 rings (SSSR count). The van der Waals surface area contributed by atoms with Gasteiger partial charge in [-0.05, 0) is 28.8 Å². The van der Waals surface area contributed by atoms with Crippen LogP contribution in [0.5, 0.6) is 0 Å². The van der Waals surface area contributed by atoms with Crippen LogP contribution in [0.15, 0.2) is 53.1 Å². The number of rotatable bonds is 1. The third-order valence-electron chi connectivity index (χ3n) is 3.63. The summed E-state index contributed by atoms with van der Waals surface area (Å²) in [6.07, 6.45) is 1.75. The molecule has 2 heteroatoms. The van der Waals surface area contributed by atoms with Crippen molar-refractivity contribution < 1.29 is 4.42 Å². The van der Waals surface area contributed by atoms with E-state index in [0.29, 0.717) is 0 Å². The Morgan fingerprint density at radius 3 is 2.89 bits per heavy atom. The quantitative estimate of drug-likeness (QED) is 0.695. The molecule has 2 aromatic carbocycles. The van der Waals surface area contributed by atoms with Crippen LogP contribution in [0.3, 0.4) is 0 Å². The van der Waals surface area contributed by atoms with Crippen molar-refractivity contribution in [3.05, 3.63) is 59.9 Å². The number of hydrogen-bond donors (Lipinski definition) is 1. The molecule has 2 heterocycles. The molecule has 0 radical (unpaired) electrons. The van der Waals surface area contributed by atoms with Crippen molar-refractivity contribution in [1.82, 2.24) is 5.32 Å². The molecule has 0 atom stereocenters. The highest BCUT2D eigenvalue weighted by molar-refractivity contribution is 5.92. The van der Waals surface area contributed by atoms with Gasteiger partial charge in [0.2, 0.25) is 0 Å². The van der Waals surface area contributed by atoms with E-state index in [2.05, 4.69) is 41.7 Å². The van der Waals surface area contributed by atoms with Gasteiger partial charge in [0, 0.05) is 24.0 Å². The van der Waals surface area contributed by atoms with E-state index < -0.39 is 0 Å². The van der Waals surface area contributed by atoms with Crippen molar-refractivity contribution in [2.24, 2.45) is 0 Å². The minimum absolute atomic E-state index is 0.970. The molecular formula is C16H13NO. The highest BCUT2D eigenvalue weighted by Crippen LogP contribution is 2.31. The summed E-state index contributed by atoms with van der Waals surface area (Å²) in [4.78, 5) is 0. The van der Waals surface area contributed by atoms with E-state index in [1.165, 1.54) is 22.3 Å². The average molecular weight is 235 g/mol. The third-order valence-corrected chi connectivity index (χ3v) is 3.63. The van der Waals surface area contributed by atoms with E-state index in [9.17, 15) is 0 Å². The van der Waals surface area contributed by atoms with Gasteiger partial charge in [-0.15, -0.1) is 0 Å². The van der Waals surface area contributed by atoms with Crippen LogP contribution < -0.4 is 5.32 Å². The van der Waals surface area contributed by atoms with Gasteiger partial charge < -0.3 is 9.73 Å². The maximum Gasteiger partial charge on any atom is 0.141 e. The fraction of sp³-hybridized carbons (Fsp3) is 0.125. The Morgan fingerprint density at radius 1 is 0.944 bits per heavy atom. The van der Waals surface area contributed by atoms with Crippen LogP contribution in [-0.2, 0) is 13.1 Å². The summed E-state index contributed by atoms with van der Waals surface area (Å²) in [5.41, 5.74) is 6.19. The summed E-state index contributed by atoms with van der Waals surface area (Å²) >= 11 is 0. The first kappa shape index (κ1) is 9.92. The van der Waals surface area contributed by atoms with Gasteiger partial charge in [0.15, 0.2) is 0 Å². The molecule has 0 unspecified atom stereocenters. The molecule has 1 aliphatic heterocycles. The number of furan rings is 1. The van der Waals surface area contributed by atoms with Crippen LogP contribution in [0.25, 0.3) is 22.1 Å². The van der Waals surface area contributed by atoms with Gasteiger partial charge in [0.1, 0.15) is 5.58 Å². The Hall–Kier alpha value is -2.06. The fourth-order valence-electron chi connectivity index (χ4n) is 2.68. The molecule has 18 heavy (non-hydrogen) atoms. The first-order valence-corrected chi connectivity index (χ1v) is 6.21. The predicted molar refractivity (Wildman–Crippen MR) is 72.2 cm³/mol. The highest BCUT2D eigenvalue weighted by atomic mass is 16.3. The van der Waals surface area contributed by atoms with Crippen LogP contribution in [-0.4, -0.2) is 0 Å². The van der Waals surface area contributed by atoms with Crippen molar-refractivity contribution in [2.75, 3.05) is 0 Å². The Kier molecular flexibility index (Phi) is 2.05. The van der Waals surface area contributed by atoms with E-state index in [-0.39, 0.29) is 0 Å². The second-order valence-electron chi connectivity index (χ2n) is 4.73. The average Bonchev–Trinajstić information content (AvgIpc) is 3.05. The molecular weight excluding hydrogens is 222 g/mol. The standard InChI is InChI=1S/C16H13NO/c1-2-11-6-7-18-16(11)15(3-1)12-4-5-13-9-17-10-14(13)8-12/h1-8,17H,9-10H2. The lowest BCUT2D eigenvalue weighted by molar-refractivity contribution is 0.617. The molecule has 0 spiro atoms. The first-order chi connectivity index (χ1) is 8.92. The van der Waals surface area contributed by atoms with E-state index >= 15 is 0 Å². The number of hydrogen-bond acceptors (Lipinski definition) is 2. The van der Waals surface area contributed by atoms with Crippen molar-refractivity contribution in [2.45, 2.75) is 13.1 Å². The summed E-state index contributed by atoms with van der Waals surface area (Å²) in [5, 5.41) is 4.53. The summed E-state index contributed by atoms with van der Waals surface area (Å²) in [5.74, 6) is 0. The lowest BCUT2D eigenvalue weighted by Gasteiger charge is -2.05. The summed E-state index contributed by atoms with van der Waals surface area (Å²) in [6.45, 7) is 1.96. The first-order valence-electron chi connectivity index (χ1n) is 6.21. The van der Waals surface area contributed by atoms with Crippen molar-refractivity contribution >= 4 is 11.0 Å². The topological polar surface area (TPSA) is 25.2 Å². The van der Waals surface area contributed by atoms with Gasteiger partial charge in [-0.1, -0.05) is 30.3 Å². The molecule has 0 bridgehead atoms. The minimum atomic E-state index is 0.970. The van der Waals surface area contributed by atoms with Crippen molar-refractivity contribution in [3.8, 4) is 11.1 Å². The number of para-hydroxylation sites is 1. The maximum absolute atomic E-state index is 5.61. The second-order valence-corrected chi connectivity index (χ2v) is 4.73. The van der Waals surface area contributed by atoms with E-state index in [1.54, 1.807) is 6.26 Å². The van der Waals surface area contributed by atoms with E-state index in [1.807, 2.05) is 6.07 Å². The molecule has 0 saturated heterocycles. The highest BCUT2D eigenvalue weighted by Gasteiger charge is 2.12. The molecule has 2 nitrogen and oxygen atoms in total. The zero-order valence-electron chi connectivity index (χ0n) is 9.94. The Bertz CT molecular complexity index is 727. The maximum atomic E-state index is 5.61. The lowest BCUT2D eigenvalue weighted by atomic mass is 9.99. The summed E-state index contributed by atoms with van der Waals surface area (Å²) < 4.78 is 5.61. The van der Waals surface area contributed by atoms with Crippen molar-refractivity contribution in [1.29, 1.82) is 0 Å². The largest absolute Gasteiger partial charge is 0.464 e. The van der Waals surface area contributed by atoms with E-state index in [0.717, 1.165) is 24.1 Å². The smallest absolute Gasteiger partial charge is 0.141 e. The van der Waals surface area contributed by atoms with Gasteiger partial charge in [-0.2, -0.15) is 0 Å². The lowest BCUT2D eigenvalue weighted by Crippen LogP contribution is -1.99. The SMILES string of the molecule is c1cc(-c2ccc3c(c2)CNC3)c2occc2c1. The van der Waals surface area contributed by atoms with Crippen LogP contribution in [0.1, 0.15) is 11.1 Å². The van der Waals surface area contributed by atoms with E-state index in [4.69, 9.17) is 4.42 Å². The van der Waals surface area contributed by atoms with Gasteiger partial charge in [0.25, 0.3) is 0 Å². The van der Waals surface area contributed by atoms with Gasteiger partial charge in [0.05, 0.1) is 6.26 Å². The number of fused-ring (bicyclic) bond motifs is 2. The molecule has 0 fully saturated rings. The zero-order chi connectivity index (χ0) is 11.9. The Balaban J connectivity index is 1.94. The second kappa shape index (κ2) is 3.72. The van der Waals surface area contributed by atoms with Crippen LogP contribution in [0.2, 0.25) is 0 Å². The zero-order valence-corrected chi connectivity index (χ0v) is 9.94. The molecule has 1 aliphatic rings. The summed E-state index contributed by atoms with van der Waals surface area (Å²) in [6, 6.07) is 15.0. The molecule has 0 aliphatic carbocycles. The van der Waals surface area contributed by atoms with Crippen molar-refractivity contribution in [3.63, 3.8) is 0 Å². The van der Waals surface area contributed by atoms with Crippen LogP contribution in [0, 0.1) is 0 Å². The predicted octanol–water partition coefficient (Wildman–Crippen LogP) is 3.70. The number of nitrogens with one attached hydrogen (secondary N) is 1. The van der Waals surface area contributed by atoms with Gasteiger partial charge >= 0.3 is 0 Å². The third kappa shape index (κ3) is 1.39. The van der Waals surface area contributed by atoms with Gasteiger partial charge in [-0.25, -0.2) is 0 Å². The molecule has 0 amide bonds.